The van der Waals surface area contributed by atoms with Gasteiger partial charge in [0.15, 0.2) is 3.95 Å². The summed E-state index contributed by atoms with van der Waals surface area (Å²) in [4.78, 5) is 29.7. The zero-order chi connectivity index (χ0) is 23.8. The van der Waals surface area contributed by atoms with E-state index in [0.717, 1.165) is 21.6 Å². The fourth-order valence-corrected chi connectivity index (χ4v) is 5.82. The maximum atomic E-state index is 13.7. The maximum absolute atomic E-state index is 13.7. The van der Waals surface area contributed by atoms with Crippen molar-refractivity contribution in [2.45, 2.75) is 13.5 Å². The standard InChI is InChI=1S/C26H20ClN3O2S2/c1-2-28(19-11-4-3-5-12-19)22(31)16-29-24-23(17-9-8-10-18(27)15-17)34-26(33)30(24)21-14-7-6-13-20(21)25(29)32/h3-15H,2,16H2,1H3. The number of fused-ring (bicyclic) bond motifs is 3. The van der Waals surface area contributed by atoms with E-state index in [1.807, 2.05) is 78.1 Å². The predicted octanol–water partition coefficient (Wildman–Crippen LogP) is 6.42. The second-order valence-corrected chi connectivity index (χ2v) is 9.83. The molecule has 0 saturated carbocycles. The molecule has 0 N–H and O–H groups in total. The zero-order valence-electron chi connectivity index (χ0n) is 18.3. The molecule has 3 aromatic carbocycles. The molecule has 0 spiro atoms. The third kappa shape index (κ3) is 3.86. The van der Waals surface area contributed by atoms with Gasteiger partial charge in [0.2, 0.25) is 5.91 Å². The number of hydrogen-bond donors (Lipinski definition) is 0. The number of thiazole rings is 1. The van der Waals surface area contributed by atoms with Crippen molar-refractivity contribution in [3.05, 3.63) is 98.2 Å². The number of likely N-dealkylation sites (N-methyl/N-ethyl adjacent to an activating group) is 1. The zero-order valence-corrected chi connectivity index (χ0v) is 20.7. The first kappa shape index (κ1) is 22.5. The van der Waals surface area contributed by atoms with Gasteiger partial charge in [0.1, 0.15) is 12.2 Å². The van der Waals surface area contributed by atoms with Crippen molar-refractivity contribution in [2.75, 3.05) is 11.4 Å². The number of para-hydroxylation sites is 2. The van der Waals surface area contributed by atoms with Crippen molar-refractivity contribution in [3.63, 3.8) is 0 Å². The average molecular weight is 506 g/mol. The molecule has 0 unspecified atom stereocenters. The number of benzene rings is 3. The molecular formula is C26H20ClN3O2S2. The van der Waals surface area contributed by atoms with Gasteiger partial charge in [0, 0.05) is 17.3 Å². The quantitative estimate of drug-likeness (QED) is 0.259. The molecule has 0 aliphatic heterocycles. The minimum absolute atomic E-state index is 0.116. The average Bonchev–Trinajstić information content (AvgIpc) is 3.20. The summed E-state index contributed by atoms with van der Waals surface area (Å²) in [6.07, 6.45) is 0. The van der Waals surface area contributed by atoms with E-state index in [4.69, 9.17) is 23.8 Å². The van der Waals surface area contributed by atoms with Crippen molar-refractivity contribution in [1.82, 2.24) is 8.97 Å². The lowest BCUT2D eigenvalue weighted by molar-refractivity contribution is -0.119. The molecule has 34 heavy (non-hydrogen) atoms. The molecular weight excluding hydrogens is 486 g/mol. The van der Waals surface area contributed by atoms with E-state index in [2.05, 4.69) is 0 Å². The third-order valence-electron chi connectivity index (χ3n) is 5.73. The highest BCUT2D eigenvalue weighted by Gasteiger charge is 2.22. The van der Waals surface area contributed by atoms with Gasteiger partial charge in [0.25, 0.3) is 5.56 Å². The summed E-state index contributed by atoms with van der Waals surface area (Å²) in [5.74, 6) is -0.179. The predicted molar refractivity (Wildman–Crippen MR) is 143 cm³/mol. The molecule has 170 valence electrons. The molecule has 0 fully saturated rings. The van der Waals surface area contributed by atoms with Crippen molar-refractivity contribution in [1.29, 1.82) is 0 Å². The maximum Gasteiger partial charge on any atom is 0.262 e. The molecule has 5 nitrogen and oxygen atoms in total. The molecule has 2 heterocycles. The topological polar surface area (TPSA) is 46.7 Å². The Morgan fingerprint density at radius 2 is 1.76 bits per heavy atom. The molecule has 0 atom stereocenters. The number of rotatable bonds is 5. The highest BCUT2D eigenvalue weighted by molar-refractivity contribution is 7.73. The van der Waals surface area contributed by atoms with Crippen molar-refractivity contribution < 1.29 is 4.79 Å². The lowest BCUT2D eigenvalue weighted by atomic mass is 10.2. The molecule has 2 aromatic heterocycles. The van der Waals surface area contributed by atoms with Gasteiger partial charge < -0.3 is 4.90 Å². The van der Waals surface area contributed by atoms with E-state index in [1.54, 1.807) is 21.6 Å². The Morgan fingerprint density at radius 3 is 2.50 bits per heavy atom. The van der Waals surface area contributed by atoms with Crippen LogP contribution in [0.4, 0.5) is 5.69 Å². The van der Waals surface area contributed by atoms with Crippen LogP contribution in [0, 0.1) is 3.95 Å². The highest BCUT2D eigenvalue weighted by atomic mass is 35.5. The first-order valence-electron chi connectivity index (χ1n) is 10.8. The first-order valence-corrected chi connectivity index (χ1v) is 12.4. The van der Waals surface area contributed by atoms with Gasteiger partial charge in [-0.15, -0.1) is 11.3 Å². The number of carbonyl (C=O) groups is 1. The van der Waals surface area contributed by atoms with Gasteiger partial charge in [-0.05, 0) is 61.1 Å². The molecule has 8 heteroatoms. The summed E-state index contributed by atoms with van der Waals surface area (Å²) in [5.41, 5.74) is 2.72. The van der Waals surface area contributed by atoms with Crippen LogP contribution in [-0.4, -0.2) is 21.4 Å². The molecule has 1 amide bonds. The Morgan fingerprint density at radius 1 is 1.03 bits per heavy atom. The van der Waals surface area contributed by atoms with E-state index in [1.165, 1.54) is 11.3 Å². The van der Waals surface area contributed by atoms with Crippen LogP contribution in [0.5, 0.6) is 0 Å². The van der Waals surface area contributed by atoms with Gasteiger partial charge in [-0.25, -0.2) is 0 Å². The lowest BCUT2D eigenvalue weighted by Crippen LogP contribution is -2.37. The van der Waals surface area contributed by atoms with Crippen LogP contribution in [0.15, 0.2) is 83.7 Å². The normalized spacial score (nSPS) is 11.2. The van der Waals surface area contributed by atoms with Gasteiger partial charge >= 0.3 is 0 Å². The molecule has 0 aliphatic rings. The minimum Gasteiger partial charge on any atom is -0.311 e. The smallest absolute Gasteiger partial charge is 0.262 e. The number of anilines is 1. The Hall–Kier alpha value is -3.26. The SMILES string of the molecule is CCN(C(=O)Cn1c(=O)c2ccccc2n2c(=S)sc(-c3cccc(Cl)c3)c12)c1ccccc1. The second kappa shape index (κ2) is 9.18. The summed E-state index contributed by atoms with van der Waals surface area (Å²) < 4.78 is 4.02. The summed E-state index contributed by atoms with van der Waals surface area (Å²) >= 11 is 13.4. The fourth-order valence-electron chi connectivity index (χ4n) is 4.21. The number of hydrogen-bond acceptors (Lipinski definition) is 4. The van der Waals surface area contributed by atoms with Gasteiger partial charge in [-0.2, -0.15) is 0 Å². The largest absolute Gasteiger partial charge is 0.311 e. The summed E-state index contributed by atoms with van der Waals surface area (Å²) in [6, 6.07) is 24.2. The number of aromatic nitrogens is 2. The summed E-state index contributed by atoms with van der Waals surface area (Å²) in [6.45, 7) is 2.29. The number of halogens is 1. The Balaban J connectivity index is 1.78. The Kier molecular flexibility index (Phi) is 6.08. The Labute approximate surface area is 210 Å². The number of carbonyl (C=O) groups excluding carboxylic acids is 1. The monoisotopic (exact) mass is 505 g/mol. The van der Waals surface area contributed by atoms with Crippen LogP contribution < -0.4 is 10.5 Å². The Bertz CT molecular complexity index is 1650. The molecule has 5 aromatic rings. The van der Waals surface area contributed by atoms with Crippen LogP contribution >= 0.6 is 35.2 Å². The van der Waals surface area contributed by atoms with E-state index in [0.29, 0.717) is 26.6 Å². The highest BCUT2D eigenvalue weighted by Crippen LogP contribution is 2.34. The number of nitrogens with zero attached hydrogens (tertiary/aromatic N) is 3. The van der Waals surface area contributed by atoms with Crippen LogP contribution in [0.2, 0.25) is 5.02 Å². The van der Waals surface area contributed by atoms with E-state index in [-0.39, 0.29) is 18.0 Å². The first-order chi connectivity index (χ1) is 16.5. The lowest BCUT2D eigenvalue weighted by Gasteiger charge is -2.22. The van der Waals surface area contributed by atoms with Crippen LogP contribution in [0.3, 0.4) is 0 Å². The van der Waals surface area contributed by atoms with E-state index < -0.39 is 0 Å². The minimum atomic E-state index is -0.232. The third-order valence-corrected chi connectivity index (χ3v) is 7.38. The summed E-state index contributed by atoms with van der Waals surface area (Å²) in [7, 11) is 0. The molecule has 0 bridgehead atoms. The molecule has 5 rings (SSSR count). The van der Waals surface area contributed by atoms with Gasteiger partial charge in [-0.3, -0.25) is 18.6 Å². The van der Waals surface area contributed by atoms with E-state index in [9.17, 15) is 9.59 Å². The second-order valence-electron chi connectivity index (χ2n) is 7.75. The van der Waals surface area contributed by atoms with Crippen molar-refractivity contribution >= 4 is 63.3 Å². The molecule has 0 aliphatic carbocycles. The van der Waals surface area contributed by atoms with Crippen molar-refractivity contribution in [2.24, 2.45) is 0 Å². The molecule has 0 radical (unpaired) electrons. The van der Waals surface area contributed by atoms with E-state index >= 15 is 0 Å². The molecule has 0 saturated heterocycles. The fraction of sp³-hybridized carbons (Fsp3) is 0.115. The number of amides is 1. The van der Waals surface area contributed by atoms with Crippen LogP contribution in [-0.2, 0) is 11.3 Å². The van der Waals surface area contributed by atoms with Crippen LogP contribution in [0.1, 0.15) is 6.92 Å². The van der Waals surface area contributed by atoms with Crippen molar-refractivity contribution in [3.8, 4) is 10.4 Å². The van der Waals surface area contributed by atoms with Crippen LogP contribution in [0.25, 0.3) is 27.0 Å². The van der Waals surface area contributed by atoms with Gasteiger partial charge in [0.05, 0.1) is 15.8 Å². The summed E-state index contributed by atoms with van der Waals surface area (Å²) in [5, 5.41) is 1.10. The van der Waals surface area contributed by atoms with Gasteiger partial charge in [-0.1, -0.05) is 54.1 Å².